The third kappa shape index (κ3) is 4.46. The quantitative estimate of drug-likeness (QED) is 0.808. The fourth-order valence-corrected chi connectivity index (χ4v) is 2.00. The normalized spacial score (nSPS) is 13.3. The van der Waals surface area contributed by atoms with Crippen LogP contribution in [0, 0.1) is 17.5 Å². The molecule has 7 heteroatoms. The van der Waals surface area contributed by atoms with Crippen molar-refractivity contribution in [1.82, 2.24) is 5.32 Å². The molecule has 0 fully saturated rings. The number of aliphatic hydroxyl groups excluding tert-OH is 1. The van der Waals surface area contributed by atoms with Crippen molar-refractivity contribution in [2.24, 2.45) is 0 Å². The number of benzene rings is 2. The smallest absolute Gasteiger partial charge is 0.319 e. The van der Waals surface area contributed by atoms with Crippen molar-refractivity contribution in [3.63, 3.8) is 0 Å². The van der Waals surface area contributed by atoms with Gasteiger partial charge in [0.2, 0.25) is 0 Å². The van der Waals surface area contributed by atoms with E-state index in [4.69, 9.17) is 0 Å². The number of amides is 2. The molecule has 0 radical (unpaired) electrons. The van der Waals surface area contributed by atoms with E-state index in [1.807, 2.05) is 0 Å². The molecule has 0 saturated heterocycles. The van der Waals surface area contributed by atoms with E-state index < -0.39 is 35.6 Å². The molecule has 0 aromatic heterocycles. The van der Waals surface area contributed by atoms with Crippen LogP contribution < -0.4 is 10.6 Å². The average Bonchev–Trinajstić information content (AvgIpc) is 2.49. The summed E-state index contributed by atoms with van der Waals surface area (Å²) in [5.74, 6) is -2.61. The molecule has 122 valence electrons. The van der Waals surface area contributed by atoms with Gasteiger partial charge >= 0.3 is 6.03 Å². The van der Waals surface area contributed by atoms with Crippen LogP contribution in [0.4, 0.5) is 23.7 Å². The molecule has 0 spiro atoms. The lowest BCUT2D eigenvalue weighted by atomic mass is 10.0. The Hall–Kier alpha value is -2.54. The summed E-state index contributed by atoms with van der Waals surface area (Å²) in [6.45, 7) is 1.50. The highest BCUT2D eigenvalue weighted by molar-refractivity contribution is 5.89. The Morgan fingerprint density at radius 1 is 1.09 bits per heavy atom. The Morgan fingerprint density at radius 2 is 1.83 bits per heavy atom. The number of hydrogen-bond donors (Lipinski definition) is 3. The van der Waals surface area contributed by atoms with Crippen LogP contribution in [-0.4, -0.2) is 17.2 Å². The van der Waals surface area contributed by atoms with E-state index in [1.165, 1.54) is 31.2 Å². The summed E-state index contributed by atoms with van der Waals surface area (Å²) in [7, 11) is 0. The first-order valence-corrected chi connectivity index (χ1v) is 6.83. The number of aliphatic hydroxyl groups is 1. The summed E-state index contributed by atoms with van der Waals surface area (Å²) in [4.78, 5) is 11.8. The highest BCUT2D eigenvalue weighted by Gasteiger charge is 2.19. The van der Waals surface area contributed by atoms with Crippen LogP contribution in [0.2, 0.25) is 0 Å². The Kier molecular flexibility index (Phi) is 5.23. The van der Waals surface area contributed by atoms with Crippen LogP contribution >= 0.6 is 0 Å². The van der Waals surface area contributed by atoms with Gasteiger partial charge in [-0.1, -0.05) is 12.1 Å². The number of hydrogen-bond acceptors (Lipinski definition) is 2. The van der Waals surface area contributed by atoms with Crippen molar-refractivity contribution in [3.8, 4) is 0 Å². The molecule has 2 unspecified atom stereocenters. The van der Waals surface area contributed by atoms with Crippen LogP contribution in [0.5, 0.6) is 0 Å². The van der Waals surface area contributed by atoms with Crippen LogP contribution in [0.1, 0.15) is 18.6 Å². The van der Waals surface area contributed by atoms with Crippen LogP contribution in [0.25, 0.3) is 0 Å². The standard InChI is InChI=1S/C16H15F3N2O2/c1-9(15(22)10-5-6-13(18)14(19)7-10)20-16(23)21-12-4-2-3-11(17)8-12/h2-9,15,22H,1H3,(H2,20,21,23). The molecule has 0 aliphatic rings. The number of halogens is 3. The second-order valence-electron chi connectivity index (χ2n) is 5.02. The van der Waals surface area contributed by atoms with E-state index in [2.05, 4.69) is 10.6 Å². The molecule has 2 aromatic rings. The monoisotopic (exact) mass is 324 g/mol. The van der Waals surface area contributed by atoms with Crippen molar-refractivity contribution < 1.29 is 23.1 Å². The summed E-state index contributed by atoms with van der Waals surface area (Å²) in [5.41, 5.74) is 0.375. The molecule has 0 aliphatic carbocycles. The minimum absolute atomic E-state index is 0.127. The predicted molar refractivity (Wildman–Crippen MR) is 79.3 cm³/mol. The summed E-state index contributed by atoms with van der Waals surface area (Å²) in [6.07, 6.45) is -1.23. The van der Waals surface area contributed by atoms with E-state index in [0.29, 0.717) is 0 Å². The second-order valence-corrected chi connectivity index (χ2v) is 5.02. The zero-order valence-electron chi connectivity index (χ0n) is 12.2. The highest BCUT2D eigenvalue weighted by atomic mass is 19.2. The zero-order valence-corrected chi connectivity index (χ0v) is 12.2. The molecule has 0 aliphatic heterocycles. The first-order valence-electron chi connectivity index (χ1n) is 6.83. The molecular formula is C16H15F3N2O2. The van der Waals surface area contributed by atoms with E-state index in [1.54, 1.807) is 0 Å². The Labute approximate surface area is 131 Å². The van der Waals surface area contributed by atoms with Crippen molar-refractivity contribution in [1.29, 1.82) is 0 Å². The number of nitrogens with one attached hydrogen (secondary N) is 2. The molecule has 2 aromatic carbocycles. The maximum absolute atomic E-state index is 13.2. The van der Waals surface area contributed by atoms with Gasteiger partial charge in [-0.25, -0.2) is 18.0 Å². The zero-order chi connectivity index (χ0) is 17.0. The highest BCUT2D eigenvalue weighted by Crippen LogP contribution is 2.19. The summed E-state index contributed by atoms with van der Waals surface area (Å²) >= 11 is 0. The minimum Gasteiger partial charge on any atom is -0.386 e. The lowest BCUT2D eigenvalue weighted by Crippen LogP contribution is -2.39. The molecular weight excluding hydrogens is 309 g/mol. The second kappa shape index (κ2) is 7.15. The van der Waals surface area contributed by atoms with Crippen LogP contribution in [-0.2, 0) is 0 Å². The fraction of sp³-hybridized carbons (Fsp3) is 0.188. The molecule has 0 bridgehead atoms. The predicted octanol–water partition coefficient (Wildman–Crippen LogP) is 3.35. The van der Waals surface area contributed by atoms with Gasteiger partial charge in [0.05, 0.1) is 12.1 Å². The van der Waals surface area contributed by atoms with Gasteiger partial charge in [-0.3, -0.25) is 0 Å². The van der Waals surface area contributed by atoms with E-state index in [9.17, 15) is 23.1 Å². The van der Waals surface area contributed by atoms with Crippen LogP contribution in [0.15, 0.2) is 42.5 Å². The topological polar surface area (TPSA) is 61.4 Å². The van der Waals surface area contributed by atoms with Gasteiger partial charge in [0, 0.05) is 5.69 Å². The SMILES string of the molecule is CC(NC(=O)Nc1cccc(F)c1)C(O)c1ccc(F)c(F)c1. The van der Waals surface area contributed by atoms with Gasteiger partial charge in [-0.2, -0.15) is 0 Å². The molecule has 2 atom stereocenters. The molecule has 3 N–H and O–H groups in total. The van der Waals surface area contributed by atoms with E-state index >= 15 is 0 Å². The number of carbonyl (C=O) groups is 1. The van der Waals surface area contributed by atoms with Crippen LogP contribution in [0.3, 0.4) is 0 Å². The summed E-state index contributed by atoms with van der Waals surface area (Å²) in [5, 5.41) is 14.9. The number of urea groups is 1. The Balaban J connectivity index is 1.98. The summed E-state index contributed by atoms with van der Waals surface area (Å²) < 4.78 is 39.1. The first-order chi connectivity index (χ1) is 10.9. The number of anilines is 1. The lowest BCUT2D eigenvalue weighted by molar-refractivity contribution is 0.138. The fourth-order valence-electron chi connectivity index (χ4n) is 2.00. The van der Waals surface area contributed by atoms with Crippen molar-refractivity contribution in [3.05, 3.63) is 65.5 Å². The Bertz CT molecular complexity index is 709. The molecule has 23 heavy (non-hydrogen) atoms. The van der Waals surface area contributed by atoms with Crippen molar-refractivity contribution in [2.45, 2.75) is 19.1 Å². The third-order valence-electron chi connectivity index (χ3n) is 3.20. The van der Waals surface area contributed by atoms with Crippen molar-refractivity contribution in [2.75, 3.05) is 5.32 Å². The largest absolute Gasteiger partial charge is 0.386 e. The third-order valence-corrected chi connectivity index (χ3v) is 3.20. The number of rotatable bonds is 4. The van der Waals surface area contributed by atoms with Gasteiger partial charge in [-0.15, -0.1) is 0 Å². The maximum atomic E-state index is 13.2. The van der Waals surface area contributed by atoms with Gasteiger partial charge in [0.15, 0.2) is 11.6 Å². The van der Waals surface area contributed by atoms with Gasteiger partial charge in [-0.05, 0) is 42.8 Å². The first kappa shape index (κ1) is 16.8. The van der Waals surface area contributed by atoms with E-state index in [-0.39, 0.29) is 11.3 Å². The molecule has 2 rings (SSSR count). The molecule has 2 amide bonds. The van der Waals surface area contributed by atoms with Gasteiger partial charge in [0.25, 0.3) is 0 Å². The average molecular weight is 324 g/mol. The molecule has 0 saturated carbocycles. The molecule has 4 nitrogen and oxygen atoms in total. The van der Waals surface area contributed by atoms with E-state index in [0.717, 1.165) is 18.2 Å². The number of carbonyl (C=O) groups excluding carboxylic acids is 1. The Morgan fingerprint density at radius 3 is 2.48 bits per heavy atom. The van der Waals surface area contributed by atoms with Crippen molar-refractivity contribution >= 4 is 11.7 Å². The van der Waals surface area contributed by atoms with Gasteiger partial charge < -0.3 is 15.7 Å². The molecule has 0 heterocycles. The van der Waals surface area contributed by atoms with Gasteiger partial charge in [0.1, 0.15) is 5.82 Å². The minimum atomic E-state index is -1.23. The maximum Gasteiger partial charge on any atom is 0.319 e. The summed E-state index contributed by atoms with van der Waals surface area (Å²) in [6, 6.07) is 6.85. The lowest BCUT2D eigenvalue weighted by Gasteiger charge is -2.21.